The van der Waals surface area contributed by atoms with Gasteiger partial charge in [-0.05, 0) is 16.6 Å². The number of hydrogen-bond acceptors (Lipinski definition) is 6. The molecule has 0 amide bonds. The molecule has 1 atom stereocenters. The van der Waals surface area contributed by atoms with Gasteiger partial charge in [0.1, 0.15) is 6.61 Å². The molecule has 0 N–H and O–H groups in total. The Kier molecular flexibility index (Phi) is 3.98. The summed E-state index contributed by atoms with van der Waals surface area (Å²) in [4.78, 5) is 0. The van der Waals surface area contributed by atoms with Crippen LogP contribution < -0.4 is 9.47 Å². The van der Waals surface area contributed by atoms with Crippen LogP contribution in [0, 0.1) is 0 Å². The smallest absolute Gasteiger partial charge is 0.277 e. The van der Waals surface area contributed by atoms with Crippen molar-refractivity contribution in [2.45, 2.75) is 11.3 Å². The summed E-state index contributed by atoms with van der Waals surface area (Å²) < 4.78 is 17.8. The molecule has 0 aliphatic carbocycles. The Hall–Kier alpha value is -1.47. The summed E-state index contributed by atoms with van der Waals surface area (Å²) in [6.45, 7) is 4.11. The van der Waals surface area contributed by atoms with Gasteiger partial charge in [0.2, 0.25) is 6.10 Å². The number of aromatic nitrogens is 2. The number of thioether (sulfide) groups is 1. The predicted molar refractivity (Wildman–Crippen MR) is 78.4 cm³/mol. The highest BCUT2D eigenvalue weighted by atomic mass is 79.9. The SMILES string of the molecule is C=C(Br)CSc1nnc(C2COc3ccccc3O2)o1. The number of ether oxygens (including phenoxy) is 2. The minimum absolute atomic E-state index is 0.356. The van der Waals surface area contributed by atoms with Crippen molar-refractivity contribution in [3.8, 4) is 11.5 Å². The van der Waals surface area contributed by atoms with Gasteiger partial charge in [0.25, 0.3) is 11.1 Å². The maximum absolute atomic E-state index is 5.80. The number of rotatable bonds is 4. The van der Waals surface area contributed by atoms with Crippen LogP contribution in [0.3, 0.4) is 0 Å². The normalized spacial score (nSPS) is 16.9. The van der Waals surface area contributed by atoms with Gasteiger partial charge in [-0.2, -0.15) is 0 Å². The number of benzene rings is 1. The fraction of sp³-hybridized carbons (Fsp3) is 0.231. The lowest BCUT2D eigenvalue weighted by Gasteiger charge is -2.23. The van der Waals surface area contributed by atoms with Crippen LogP contribution in [-0.2, 0) is 0 Å². The van der Waals surface area contributed by atoms with Gasteiger partial charge < -0.3 is 13.9 Å². The van der Waals surface area contributed by atoms with Crippen molar-refractivity contribution in [2.24, 2.45) is 0 Å². The largest absolute Gasteiger partial charge is 0.485 e. The van der Waals surface area contributed by atoms with E-state index in [9.17, 15) is 0 Å². The van der Waals surface area contributed by atoms with E-state index >= 15 is 0 Å². The maximum atomic E-state index is 5.80. The summed E-state index contributed by atoms with van der Waals surface area (Å²) >= 11 is 4.70. The molecule has 0 bridgehead atoms. The zero-order valence-corrected chi connectivity index (χ0v) is 12.8. The Morgan fingerprint density at radius 3 is 2.95 bits per heavy atom. The highest BCUT2D eigenvalue weighted by Crippen LogP contribution is 2.36. The van der Waals surface area contributed by atoms with Gasteiger partial charge in [0, 0.05) is 5.75 Å². The summed E-state index contributed by atoms with van der Waals surface area (Å²) in [5.74, 6) is 2.51. The molecule has 5 nitrogen and oxygen atoms in total. The number of fused-ring (bicyclic) bond motifs is 1. The number of halogens is 1. The highest BCUT2D eigenvalue weighted by molar-refractivity contribution is 9.11. The zero-order valence-electron chi connectivity index (χ0n) is 10.4. The molecule has 20 heavy (non-hydrogen) atoms. The van der Waals surface area contributed by atoms with E-state index in [-0.39, 0.29) is 6.10 Å². The Balaban J connectivity index is 1.70. The van der Waals surface area contributed by atoms with E-state index in [4.69, 9.17) is 13.9 Å². The second-order valence-corrected chi connectivity index (χ2v) is 6.12. The predicted octanol–water partition coefficient (Wildman–Crippen LogP) is 3.58. The first-order valence-corrected chi connectivity index (χ1v) is 7.68. The Morgan fingerprint density at radius 2 is 2.15 bits per heavy atom. The van der Waals surface area contributed by atoms with Crippen molar-refractivity contribution in [2.75, 3.05) is 12.4 Å². The minimum Gasteiger partial charge on any atom is -0.485 e. The van der Waals surface area contributed by atoms with Crippen LogP contribution in [0.2, 0.25) is 0 Å². The molecule has 0 fully saturated rings. The lowest BCUT2D eigenvalue weighted by atomic mass is 10.2. The van der Waals surface area contributed by atoms with E-state index < -0.39 is 0 Å². The third-order valence-electron chi connectivity index (χ3n) is 2.56. The van der Waals surface area contributed by atoms with Crippen molar-refractivity contribution < 1.29 is 13.9 Å². The molecular weight excluding hydrogens is 344 g/mol. The van der Waals surface area contributed by atoms with E-state index in [1.807, 2.05) is 24.3 Å². The monoisotopic (exact) mass is 354 g/mol. The molecule has 1 aromatic carbocycles. The quantitative estimate of drug-likeness (QED) is 0.782. The number of hydrogen-bond donors (Lipinski definition) is 0. The summed E-state index contributed by atoms with van der Waals surface area (Å²) in [6, 6.07) is 7.50. The molecule has 2 heterocycles. The molecule has 1 unspecified atom stereocenters. The Bertz CT molecular complexity index is 632. The third kappa shape index (κ3) is 2.99. The zero-order chi connectivity index (χ0) is 13.9. The summed E-state index contributed by atoms with van der Waals surface area (Å²) in [5, 5.41) is 8.46. The van der Waals surface area contributed by atoms with Crippen LogP contribution in [0.4, 0.5) is 0 Å². The average Bonchev–Trinajstić information content (AvgIpc) is 2.93. The topological polar surface area (TPSA) is 57.4 Å². The molecule has 2 aromatic rings. The summed E-state index contributed by atoms with van der Waals surface area (Å²) in [7, 11) is 0. The lowest BCUT2D eigenvalue weighted by Crippen LogP contribution is -2.21. The molecule has 1 aliphatic heterocycles. The van der Waals surface area contributed by atoms with Gasteiger partial charge in [0.15, 0.2) is 11.5 Å². The van der Waals surface area contributed by atoms with Gasteiger partial charge in [-0.15, -0.1) is 10.2 Å². The first-order chi connectivity index (χ1) is 9.72. The van der Waals surface area contributed by atoms with Crippen LogP contribution in [0.15, 0.2) is 45.0 Å². The van der Waals surface area contributed by atoms with Crippen LogP contribution in [0.25, 0.3) is 0 Å². The summed E-state index contributed by atoms with van der Waals surface area (Å²) in [6.07, 6.45) is -0.376. The highest BCUT2D eigenvalue weighted by Gasteiger charge is 2.27. The molecule has 0 saturated carbocycles. The van der Waals surface area contributed by atoms with E-state index in [0.717, 1.165) is 10.2 Å². The van der Waals surface area contributed by atoms with E-state index in [0.29, 0.717) is 29.2 Å². The van der Waals surface area contributed by atoms with Gasteiger partial charge in [-0.1, -0.05) is 46.4 Å². The third-order valence-corrected chi connectivity index (χ3v) is 4.11. The van der Waals surface area contributed by atoms with E-state index in [2.05, 4.69) is 32.7 Å². The average molecular weight is 355 g/mol. The van der Waals surface area contributed by atoms with Gasteiger partial charge in [-0.3, -0.25) is 0 Å². The molecule has 1 aromatic heterocycles. The Morgan fingerprint density at radius 1 is 1.35 bits per heavy atom. The van der Waals surface area contributed by atoms with Crippen LogP contribution in [0.5, 0.6) is 11.5 Å². The number of para-hydroxylation sites is 2. The van der Waals surface area contributed by atoms with Crippen LogP contribution in [-0.4, -0.2) is 22.6 Å². The Labute approximate surface area is 128 Å². The van der Waals surface area contributed by atoms with Gasteiger partial charge >= 0.3 is 0 Å². The first kappa shape index (κ1) is 13.5. The molecule has 0 spiro atoms. The van der Waals surface area contributed by atoms with Crippen molar-refractivity contribution in [3.63, 3.8) is 0 Å². The molecule has 3 rings (SSSR count). The van der Waals surface area contributed by atoms with Crippen molar-refractivity contribution in [1.82, 2.24) is 10.2 Å². The van der Waals surface area contributed by atoms with Crippen LogP contribution in [0.1, 0.15) is 12.0 Å². The lowest BCUT2D eigenvalue weighted by molar-refractivity contribution is 0.0686. The number of nitrogens with zero attached hydrogens (tertiary/aromatic N) is 2. The molecule has 104 valence electrons. The second kappa shape index (κ2) is 5.88. The second-order valence-electron chi connectivity index (χ2n) is 4.08. The van der Waals surface area contributed by atoms with Gasteiger partial charge in [-0.25, -0.2) is 0 Å². The summed E-state index contributed by atoms with van der Waals surface area (Å²) in [5.41, 5.74) is 0. The molecule has 1 aliphatic rings. The molecular formula is C13H11BrN2O3S. The fourth-order valence-corrected chi connectivity index (χ4v) is 2.56. The van der Waals surface area contributed by atoms with E-state index in [1.165, 1.54) is 11.8 Å². The maximum Gasteiger partial charge on any atom is 0.277 e. The standard InChI is InChI=1S/C13H11BrN2O3S/c1-8(14)7-20-13-16-15-12(19-13)11-6-17-9-4-2-3-5-10(9)18-11/h2-5,11H,1,6-7H2. The van der Waals surface area contributed by atoms with Crippen LogP contribution >= 0.6 is 27.7 Å². The van der Waals surface area contributed by atoms with Crippen molar-refractivity contribution in [3.05, 3.63) is 41.2 Å². The molecule has 7 heteroatoms. The molecule has 0 saturated heterocycles. The molecule has 0 radical (unpaired) electrons. The fourth-order valence-electron chi connectivity index (χ4n) is 1.69. The van der Waals surface area contributed by atoms with Gasteiger partial charge in [0.05, 0.1) is 0 Å². The minimum atomic E-state index is -0.376. The first-order valence-electron chi connectivity index (χ1n) is 5.90. The van der Waals surface area contributed by atoms with E-state index in [1.54, 1.807) is 0 Å². The van der Waals surface area contributed by atoms with Crippen molar-refractivity contribution >= 4 is 27.7 Å². The van der Waals surface area contributed by atoms with Crippen molar-refractivity contribution in [1.29, 1.82) is 0 Å².